The lowest BCUT2D eigenvalue weighted by Crippen LogP contribution is -2.04. The van der Waals surface area contributed by atoms with Crippen LogP contribution < -0.4 is 0 Å². The number of carbonyl (C=O) groups excluding carboxylic acids is 1. The first-order valence-electron chi connectivity index (χ1n) is 6.34. The average molecular weight is 260 g/mol. The molecular formula is C13H24O3S. The Hall–Kier alpha value is -0.480. The Morgan fingerprint density at radius 2 is 1.47 bits per heavy atom. The summed E-state index contributed by atoms with van der Waals surface area (Å²) in [6.07, 6.45) is 8.87. The molecule has 0 aliphatic heterocycles. The SMILES string of the molecule is C=C(S)C(=O)OCCCCCCCCCCO. The van der Waals surface area contributed by atoms with Crippen LogP contribution in [0.15, 0.2) is 11.5 Å². The Morgan fingerprint density at radius 3 is 1.94 bits per heavy atom. The quantitative estimate of drug-likeness (QED) is 0.260. The van der Waals surface area contributed by atoms with Crippen molar-refractivity contribution < 1.29 is 14.6 Å². The van der Waals surface area contributed by atoms with Crippen molar-refractivity contribution in [2.24, 2.45) is 0 Å². The van der Waals surface area contributed by atoms with E-state index in [2.05, 4.69) is 19.2 Å². The molecule has 0 fully saturated rings. The van der Waals surface area contributed by atoms with Gasteiger partial charge in [0.15, 0.2) is 0 Å². The third-order valence-corrected chi connectivity index (χ3v) is 2.70. The van der Waals surface area contributed by atoms with E-state index in [1.165, 1.54) is 25.7 Å². The van der Waals surface area contributed by atoms with Gasteiger partial charge in [-0.1, -0.05) is 45.1 Å². The van der Waals surface area contributed by atoms with Gasteiger partial charge in [-0.3, -0.25) is 0 Å². The van der Waals surface area contributed by atoms with Crippen LogP contribution in [0.25, 0.3) is 0 Å². The molecule has 0 aliphatic rings. The fourth-order valence-electron chi connectivity index (χ4n) is 1.52. The van der Waals surface area contributed by atoms with Gasteiger partial charge in [-0.05, 0) is 12.8 Å². The molecule has 100 valence electrons. The van der Waals surface area contributed by atoms with E-state index < -0.39 is 5.97 Å². The summed E-state index contributed by atoms with van der Waals surface area (Å²) in [5.41, 5.74) is 0. The number of ether oxygens (including phenoxy) is 1. The minimum Gasteiger partial charge on any atom is -0.462 e. The number of aliphatic hydroxyl groups excluding tert-OH is 1. The smallest absolute Gasteiger partial charge is 0.343 e. The molecular weight excluding hydrogens is 236 g/mol. The van der Waals surface area contributed by atoms with E-state index in [9.17, 15) is 4.79 Å². The summed E-state index contributed by atoms with van der Waals surface area (Å²) in [5, 5.41) is 8.60. The molecule has 1 N–H and O–H groups in total. The van der Waals surface area contributed by atoms with Crippen molar-refractivity contribution in [2.75, 3.05) is 13.2 Å². The summed E-state index contributed by atoms with van der Waals surface area (Å²) in [5.74, 6) is -0.419. The third-order valence-electron chi connectivity index (χ3n) is 2.52. The minimum absolute atomic E-state index is 0.161. The van der Waals surface area contributed by atoms with Gasteiger partial charge >= 0.3 is 5.97 Å². The summed E-state index contributed by atoms with van der Waals surface area (Å²) in [6.45, 7) is 4.16. The maximum atomic E-state index is 11.0. The first kappa shape index (κ1) is 16.5. The van der Waals surface area contributed by atoms with Crippen molar-refractivity contribution in [3.63, 3.8) is 0 Å². The van der Waals surface area contributed by atoms with Gasteiger partial charge in [-0.15, -0.1) is 12.6 Å². The number of carbonyl (C=O) groups is 1. The number of thiol groups is 1. The van der Waals surface area contributed by atoms with Crippen LogP contribution in [0.4, 0.5) is 0 Å². The van der Waals surface area contributed by atoms with E-state index in [1.54, 1.807) is 0 Å². The van der Waals surface area contributed by atoms with Crippen LogP contribution in [-0.2, 0) is 9.53 Å². The highest BCUT2D eigenvalue weighted by atomic mass is 32.1. The molecule has 0 bridgehead atoms. The molecule has 0 aromatic rings. The topological polar surface area (TPSA) is 46.5 Å². The van der Waals surface area contributed by atoms with Crippen LogP contribution in [0.1, 0.15) is 51.4 Å². The molecule has 0 heterocycles. The van der Waals surface area contributed by atoms with Crippen LogP contribution in [0.5, 0.6) is 0 Å². The van der Waals surface area contributed by atoms with E-state index in [-0.39, 0.29) is 4.91 Å². The van der Waals surface area contributed by atoms with Gasteiger partial charge in [0, 0.05) is 6.61 Å². The second-order valence-electron chi connectivity index (χ2n) is 4.13. The van der Waals surface area contributed by atoms with Crippen LogP contribution >= 0.6 is 12.6 Å². The zero-order valence-electron chi connectivity index (χ0n) is 10.5. The normalized spacial score (nSPS) is 10.2. The maximum absolute atomic E-state index is 11.0. The Labute approximate surface area is 110 Å². The van der Waals surface area contributed by atoms with E-state index in [0.717, 1.165) is 25.7 Å². The zero-order valence-corrected chi connectivity index (χ0v) is 11.4. The lowest BCUT2D eigenvalue weighted by Gasteiger charge is -2.04. The molecule has 0 aromatic heterocycles. The molecule has 4 heteroatoms. The van der Waals surface area contributed by atoms with Gasteiger partial charge in [0.05, 0.1) is 11.5 Å². The number of hydrogen-bond acceptors (Lipinski definition) is 4. The number of esters is 1. The molecule has 0 radical (unpaired) electrons. The minimum atomic E-state index is -0.419. The molecule has 0 saturated heterocycles. The van der Waals surface area contributed by atoms with Gasteiger partial charge < -0.3 is 9.84 Å². The highest BCUT2D eigenvalue weighted by molar-refractivity contribution is 7.85. The fourth-order valence-corrected chi connectivity index (χ4v) is 1.59. The third kappa shape index (κ3) is 11.8. The number of aliphatic hydroxyl groups is 1. The summed E-state index contributed by atoms with van der Waals surface area (Å²) in [6, 6.07) is 0. The predicted octanol–water partition coefficient (Wildman–Crippen LogP) is 3.09. The summed E-state index contributed by atoms with van der Waals surface area (Å²) in [7, 11) is 0. The van der Waals surface area contributed by atoms with E-state index in [0.29, 0.717) is 13.2 Å². The molecule has 0 aliphatic carbocycles. The van der Waals surface area contributed by atoms with Gasteiger partial charge in [-0.25, -0.2) is 4.79 Å². The van der Waals surface area contributed by atoms with Crippen molar-refractivity contribution in [2.45, 2.75) is 51.4 Å². The number of hydrogen-bond donors (Lipinski definition) is 2. The molecule has 0 rings (SSSR count). The first-order valence-corrected chi connectivity index (χ1v) is 6.79. The van der Waals surface area contributed by atoms with Crippen molar-refractivity contribution in [3.8, 4) is 0 Å². The highest BCUT2D eigenvalue weighted by Gasteiger charge is 2.02. The second-order valence-corrected chi connectivity index (χ2v) is 4.67. The second kappa shape index (κ2) is 12.0. The van der Waals surface area contributed by atoms with Crippen molar-refractivity contribution in [1.82, 2.24) is 0 Å². The van der Waals surface area contributed by atoms with Crippen molar-refractivity contribution in [1.29, 1.82) is 0 Å². The molecule has 3 nitrogen and oxygen atoms in total. The van der Waals surface area contributed by atoms with E-state index in [1.807, 2.05) is 0 Å². The molecule has 0 spiro atoms. The molecule has 0 unspecified atom stereocenters. The lowest BCUT2D eigenvalue weighted by molar-refractivity contribution is -0.138. The first-order chi connectivity index (χ1) is 8.18. The standard InChI is InChI=1S/C13H24O3S/c1-12(17)13(15)16-11-9-7-5-3-2-4-6-8-10-14/h14,17H,1-11H2. The maximum Gasteiger partial charge on any atom is 0.343 e. The molecule has 0 atom stereocenters. The van der Waals surface area contributed by atoms with Gasteiger partial charge in [0.25, 0.3) is 0 Å². The van der Waals surface area contributed by atoms with Crippen molar-refractivity contribution in [3.05, 3.63) is 11.5 Å². The monoisotopic (exact) mass is 260 g/mol. The number of rotatable bonds is 11. The van der Waals surface area contributed by atoms with Gasteiger partial charge in [-0.2, -0.15) is 0 Å². The number of unbranched alkanes of at least 4 members (excludes halogenated alkanes) is 7. The Balaban J connectivity index is 3.08. The molecule has 0 amide bonds. The molecule has 17 heavy (non-hydrogen) atoms. The fraction of sp³-hybridized carbons (Fsp3) is 0.769. The van der Waals surface area contributed by atoms with E-state index >= 15 is 0 Å². The van der Waals surface area contributed by atoms with Crippen LogP contribution in [-0.4, -0.2) is 24.3 Å². The van der Waals surface area contributed by atoms with Crippen LogP contribution in [0.3, 0.4) is 0 Å². The molecule has 0 aromatic carbocycles. The lowest BCUT2D eigenvalue weighted by atomic mass is 10.1. The summed E-state index contributed by atoms with van der Waals surface area (Å²) >= 11 is 3.81. The van der Waals surface area contributed by atoms with Gasteiger partial charge in [0.2, 0.25) is 0 Å². The predicted molar refractivity (Wildman–Crippen MR) is 73.1 cm³/mol. The summed E-state index contributed by atoms with van der Waals surface area (Å²) in [4.78, 5) is 11.1. The Bertz CT molecular complexity index is 217. The Morgan fingerprint density at radius 1 is 1.00 bits per heavy atom. The average Bonchev–Trinajstić information content (AvgIpc) is 2.31. The van der Waals surface area contributed by atoms with Crippen LogP contribution in [0, 0.1) is 0 Å². The van der Waals surface area contributed by atoms with Crippen molar-refractivity contribution >= 4 is 18.6 Å². The van der Waals surface area contributed by atoms with Gasteiger partial charge in [0.1, 0.15) is 0 Å². The molecule has 0 saturated carbocycles. The van der Waals surface area contributed by atoms with E-state index in [4.69, 9.17) is 9.84 Å². The highest BCUT2D eigenvalue weighted by Crippen LogP contribution is 2.09. The summed E-state index contributed by atoms with van der Waals surface area (Å²) < 4.78 is 4.92. The Kier molecular flexibility index (Phi) is 11.7. The largest absolute Gasteiger partial charge is 0.462 e. The van der Waals surface area contributed by atoms with Crippen LogP contribution in [0.2, 0.25) is 0 Å². The zero-order chi connectivity index (χ0) is 12.9.